The third kappa shape index (κ3) is 5.44. The smallest absolute Gasteiger partial charge is 0.0386 e. The van der Waals surface area contributed by atoms with Gasteiger partial charge in [0.15, 0.2) is 0 Å². The molecule has 0 spiro atoms. The summed E-state index contributed by atoms with van der Waals surface area (Å²) in [4.78, 5) is 0. The highest BCUT2D eigenvalue weighted by Crippen LogP contribution is 2.30. The molecule has 0 aromatic heterocycles. The molecule has 0 saturated heterocycles. The SMILES string of the molecule is [CH](CCCC1CCCC1)CCC1CCCCC1. The minimum absolute atomic E-state index is 1.08. The van der Waals surface area contributed by atoms with Gasteiger partial charge in [-0.2, -0.15) is 0 Å². The summed E-state index contributed by atoms with van der Waals surface area (Å²) in [6.45, 7) is 0. The summed E-state index contributed by atoms with van der Waals surface area (Å²) in [7, 11) is 0. The van der Waals surface area contributed by atoms with E-state index in [0.29, 0.717) is 0 Å². The first kappa shape index (κ1) is 13.4. The van der Waals surface area contributed by atoms with Crippen molar-refractivity contribution >= 4 is 0 Å². The highest BCUT2D eigenvalue weighted by Gasteiger charge is 2.14. The van der Waals surface area contributed by atoms with Gasteiger partial charge in [0, 0.05) is 0 Å². The quantitative estimate of drug-likeness (QED) is 0.481. The topological polar surface area (TPSA) is 0 Å². The van der Waals surface area contributed by atoms with Crippen molar-refractivity contribution in [1.82, 2.24) is 0 Å². The Hall–Kier alpha value is 0. The highest BCUT2D eigenvalue weighted by atomic mass is 14.2. The van der Waals surface area contributed by atoms with Crippen LogP contribution in [0.25, 0.3) is 0 Å². The van der Waals surface area contributed by atoms with Crippen molar-refractivity contribution in [3.05, 3.63) is 6.42 Å². The van der Waals surface area contributed by atoms with Gasteiger partial charge in [0.2, 0.25) is 0 Å². The molecule has 2 fully saturated rings. The zero-order valence-corrected chi connectivity index (χ0v) is 11.6. The fourth-order valence-electron chi connectivity index (χ4n) is 3.82. The molecule has 0 aliphatic heterocycles. The number of hydrogen-bond acceptors (Lipinski definition) is 0. The molecular formula is C17H31. The van der Waals surface area contributed by atoms with E-state index in [9.17, 15) is 0 Å². The first-order chi connectivity index (χ1) is 8.45. The van der Waals surface area contributed by atoms with E-state index in [2.05, 4.69) is 6.42 Å². The van der Waals surface area contributed by atoms with E-state index < -0.39 is 0 Å². The first-order valence-electron chi connectivity index (χ1n) is 8.27. The molecule has 0 amide bonds. The van der Waals surface area contributed by atoms with Crippen LogP contribution in [0.1, 0.15) is 89.9 Å². The molecule has 0 aromatic rings. The maximum Gasteiger partial charge on any atom is -0.0386 e. The van der Waals surface area contributed by atoms with Crippen LogP contribution in [0.15, 0.2) is 0 Å². The van der Waals surface area contributed by atoms with Crippen LogP contribution in [0.4, 0.5) is 0 Å². The highest BCUT2D eigenvalue weighted by molar-refractivity contribution is 4.73. The van der Waals surface area contributed by atoms with Gasteiger partial charge in [0.25, 0.3) is 0 Å². The lowest BCUT2D eigenvalue weighted by Gasteiger charge is -2.21. The molecule has 2 saturated carbocycles. The summed E-state index contributed by atoms with van der Waals surface area (Å²) in [6, 6.07) is 0. The van der Waals surface area contributed by atoms with Gasteiger partial charge in [0.1, 0.15) is 0 Å². The van der Waals surface area contributed by atoms with Crippen LogP contribution >= 0.6 is 0 Å². The molecule has 0 heterocycles. The molecule has 0 N–H and O–H groups in total. The van der Waals surface area contributed by atoms with Crippen molar-refractivity contribution < 1.29 is 0 Å². The minimum atomic E-state index is 1.08. The van der Waals surface area contributed by atoms with Gasteiger partial charge in [-0.25, -0.2) is 0 Å². The Bertz CT molecular complexity index is 172. The molecule has 0 unspecified atom stereocenters. The van der Waals surface area contributed by atoms with E-state index in [4.69, 9.17) is 0 Å². The average Bonchev–Trinajstić information content (AvgIpc) is 2.88. The Balaban J connectivity index is 1.38. The predicted octanol–water partition coefficient (Wildman–Crippen LogP) is 5.91. The third-order valence-electron chi connectivity index (χ3n) is 5.00. The van der Waals surface area contributed by atoms with E-state index in [1.165, 1.54) is 89.9 Å². The Kier molecular flexibility index (Phi) is 6.45. The summed E-state index contributed by atoms with van der Waals surface area (Å²) < 4.78 is 0. The van der Waals surface area contributed by atoms with Gasteiger partial charge in [0.05, 0.1) is 0 Å². The predicted molar refractivity (Wildman–Crippen MR) is 75.9 cm³/mol. The van der Waals surface area contributed by atoms with Crippen LogP contribution in [0.2, 0.25) is 0 Å². The normalized spacial score (nSPS) is 23.3. The average molecular weight is 235 g/mol. The molecule has 99 valence electrons. The molecule has 0 aromatic carbocycles. The Morgan fingerprint density at radius 1 is 0.647 bits per heavy atom. The van der Waals surface area contributed by atoms with Gasteiger partial charge < -0.3 is 0 Å². The number of hydrogen-bond donors (Lipinski definition) is 0. The Morgan fingerprint density at radius 3 is 1.94 bits per heavy atom. The lowest BCUT2D eigenvalue weighted by atomic mass is 9.85. The fraction of sp³-hybridized carbons (Fsp3) is 0.941. The lowest BCUT2D eigenvalue weighted by molar-refractivity contribution is 0.337. The van der Waals surface area contributed by atoms with E-state index in [1.807, 2.05) is 0 Å². The van der Waals surface area contributed by atoms with Crippen molar-refractivity contribution in [2.75, 3.05) is 0 Å². The molecule has 2 aliphatic carbocycles. The van der Waals surface area contributed by atoms with Crippen molar-refractivity contribution in [3.8, 4) is 0 Å². The summed E-state index contributed by atoms with van der Waals surface area (Å²) in [5.41, 5.74) is 0. The van der Waals surface area contributed by atoms with Crippen LogP contribution in [0, 0.1) is 18.3 Å². The summed E-state index contributed by atoms with van der Waals surface area (Å²) in [5.74, 6) is 2.18. The van der Waals surface area contributed by atoms with E-state index in [1.54, 1.807) is 0 Å². The van der Waals surface area contributed by atoms with Crippen LogP contribution < -0.4 is 0 Å². The number of rotatable bonds is 7. The number of unbranched alkanes of at least 4 members (excludes halogenated alkanes) is 3. The maximum atomic E-state index is 2.59. The molecule has 0 bridgehead atoms. The summed E-state index contributed by atoms with van der Waals surface area (Å²) in [6.07, 6.45) is 23.5. The second-order valence-corrected chi connectivity index (χ2v) is 6.45. The fourth-order valence-corrected chi connectivity index (χ4v) is 3.82. The summed E-state index contributed by atoms with van der Waals surface area (Å²) >= 11 is 0. The maximum absolute atomic E-state index is 2.59. The minimum Gasteiger partial charge on any atom is -0.0533 e. The van der Waals surface area contributed by atoms with E-state index >= 15 is 0 Å². The third-order valence-corrected chi connectivity index (χ3v) is 5.00. The second kappa shape index (κ2) is 8.16. The van der Waals surface area contributed by atoms with Crippen LogP contribution in [-0.4, -0.2) is 0 Å². The van der Waals surface area contributed by atoms with Gasteiger partial charge in [-0.1, -0.05) is 83.5 Å². The molecule has 0 atom stereocenters. The van der Waals surface area contributed by atoms with Crippen molar-refractivity contribution in [2.45, 2.75) is 89.9 Å². The molecule has 1 radical (unpaired) electrons. The van der Waals surface area contributed by atoms with Gasteiger partial charge >= 0.3 is 0 Å². The van der Waals surface area contributed by atoms with Gasteiger partial charge in [-0.3, -0.25) is 0 Å². The monoisotopic (exact) mass is 235 g/mol. The van der Waals surface area contributed by atoms with Gasteiger partial charge in [-0.15, -0.1) is 0 Å². The molecule has 17 heavy (non-hydrogen) atoms. The van der Waals surface area contributed by atoms with Crippen molar-refractivity contribution in [1.29, 1.82) is 0 Å². The Morgan fingerprint density at radius 2 is 1.24 bits per heavy atom. The second-order valence-electron chi connectivity index (χ2n) is 6.45. The largest absolute Gasteiger partial charge is 0.0533 e. The van der Waals surface area contributed by atoms with Crippen LogP contribution in [0.3, 0.4) is 0 Å². The first-order valence-corrected chi connectivity index (χ1v) is 8.27. The van der Waals surface area contributed by atoms with E-state index in [0.717, 1.165) is 11.8 Å². The van der Waals surface area contributed by atoms with Crippen LogP contribution in [-0.2, 0) is 0 Å². The molecular weight excluding hydrogens is 204 g/mol. The molecule has 0 heteroatoms. The van der Waals surface area contributed by atoms with Crippen LogP contribution in [0.5, 0.6) is 0 Å². The van der Waals surface area contributed by atoms with E-state index in [-0.39, 0.29) is 0 Å². The van der Waals surface area contributed by atoms with Gasteiger partial charge in [-0.05, 0) is 24.7 Å². The molecule has 2 rings (SSSR count). The molecule has 2 aliphatic rings. The summed E-state index contributed by atoms with van der Waals surface area (Å²) in [5, 5.41) is 0. The molecule has 0 nitrogen and oxygen atoms in total. The van der Waals surface area contributed by atoms with Crippen molar-refractivity contribution in [3.63, 3.8) is 0 Å². The lowest BCUT2D eigenvalue weighted by Crippen LogP contribution is -2.05. The Labute approximate surface area is 109 Å². The van der Waals surface area contributed by atoms with Crippen molar-refractivity contribution in [2.24, 2.45) is 11.8 Å². The standard InChI is InChI=1S/C17H31/c1(2-5-11-17-14-8-9-15-17)4-10-16-12-6-3-7-13-16/h1,16-17H,2-15H2. The zero-order valence-electron chi connectivity index (χ0n) is 11.6. The zero-order chi connectivity index (χ0) is 11.8.